The highest BCUT2D eigenvalue weighted by Crippen LogP contribution is 2.22. The van der Waals surface area contributed by atoms with Crippen LogP contribution in [-0.2, 0) is 24.9 Å². The Morgan fingerprint density at radius 1 is 1.21 bits per heavy atom. The monoisotopic (exact) mass is 384 g/mol. The lowest BCUT2D eigenvalue weighted by Gasteiger charge is -2.34. The van der Waals surface area contributed by atoms with Gasteiger partial charge >= 0.3 is 5.69 Å². The van der Waals surface area contributed by atoms with Crippen molar-refractivity contribution in [1.29, 1.82) is 0 Å². The highest BCUT2D eigenvalue weighted by Gasteiger charge is 2.27. The Kier molecular flexibility index (Phi) is 6.02. The molecule has 28 heavy (non-hydrogen) atoms. The van der Waals surface area contributed by atoms with Crippen molar-refractivity contribution < 1.29 is 4.79 Å². The smallest absolute Gasteiger partial charge is 0.332 e. The van der Waals surface area contributed by atoms with Crippen molar-refractivity contribution in [2.45, 2.75) is 39.8 Å². The summed E-state index contributed by atoms with van der Waals surface area (Å²) in [4.78, 5) is 39.2. The number of aromatic nitrogens is 2. The molecule has 0 spiro atoms. The molecule has 7 nitrogen and oxygen atoms in total. The molecule has 0 aliphatic carbocycles. The normalized spacial score (nSPS) is 16.8. The van der Waals surface area contributed by atoms with Gasteiger partial charge in [0.05, 0.1) is 5.92 Å². The van der Waals surface area contributed by atoms with E-state index in [0.717, 1.165) is 29.5 Å². The number of rotatable bonds is 5. The molecular weight excluding hydrogens is 356 g/mol. The maximum absolute atomic E-state index is 12.7. The largest absolute Gasteiger partial charge is 0.357 e. The molecule has 1 aliphatic heterocycles. The minimum Gasteiger partial charge on any atom is -0.357 e. The molecule has 0 bridgehead atoms. The maximum atomic E-state index is 12.7. The van der Waals surface area contributed by atoms with Gasteiger partial charge in [0.2, 0.25) is 5.91 Å². The van der Waals surface area contributed by atoms with Crippen LogP contribution in [0.15, 0.2) is 39.9 Å². The van der Waals surface area contributed by atoms with Gasteiger partial charge in [-0.15, -0.1) is 0 Å². The number of hydrogen-bond donors (Lipinski definition) is 1. The summed E-state index contributed by atoms with van der Waals surface area (Å²) < 4.78 is 2.71. The zero-order chi connectivity index (χ0) is 20.3. The van der Waals surface area contributed by atoms with Gasteiger partial charge in [-0.1, -0.05) is 29.8 Å². The molecule has 1 amide bonds. The maximum Gasteiger partial charge on any atom is 0.332 e. The van der Waals surface area contributed by atoms with Crippen LogP contribution >= 0.6 is 0 Å². The molecule has 1 aromatic heterocycles. The van der Waals surface area contributed by atoms with Crippen molar-refractivity contribution in [3.8, 4) is 0 Å². The zero-order valence-corrected chi connectivity index (χ0v) is 16.8. The summed E-state index contributed by atoms with van der Waals surface area (Å²) in [6.45, 7) is 6.13. The van der Waals surface area contributed by atoms with E-state index >= 15 is 0 Å². The van der Waals surface area contributed by atoms with Gasteiger partial charge in [-0.3, -0.25) is 18.7 Å². The van der Waals surface area contributed by atoms with Crippen LogP contribution in [0.1, 0.15) is 30.9 Å². The van der Waals surface area contributed by atoms with Crippen LogP contribution in [0.2, 0.25) is 0 Å². The van der Waals surface area contributed by atoms with Crippen molar-refractivity contribution in [3.05, 3.63) is 62.3 Å². The molecule has 0 unspecified atom stereocenters. The van der Waals surface area contributed by atoms with E-state index in [1.165, 1.54) is 18.7 Å². The number of amides is 1. The molecule has 1 N–H and O–H groups in total. The summed E-state index contributed by atoms with van der Waals surface area (Å²) in [6.07, 6.45) is 1.65. The summed E-state index contributed by atoms with van der Waals surface area (Å²) in [5.74, 6) is 0.454. The SMILES string of the molecule is CCn1c(N2CCC[C@@H](C(=O)NCc3ccc(C)cc3)C2)cc(=O)n(C)c1=O. The van der Waals surface area contributed by atoms with Crippen LogP contribution in [0.3, 0.4) is 0 Å². The third-order valence-electron chi connectivity index (χ3n) is 5.40. The fraction of sp³-hybridized carbons (Fsp3) is 0.476. The molecule has 2 aromatic rings. The van der Waals surface area contributed by atoms with Gasteiger partial charge < -0.3 is 10.2 Å². The predicted molar refractivity (Wildman–Crippen MR) is 110 cm³/mol. The van der Waals surface area contributed by atoms with Crippen molar-refractivity contribution in [3.63, 3.8) is 0 Å². The van der Waals surface area contributed by atoms with Gasteiger partial charge in [-0.2, -0.15) is 0 Å². The minimum atomic E-state index is -0.323. The van der Waals surface area contributed by atoms with E-state index in [-0.39, 0.29) is 23.1 Å². The van der Waals surface area contributed by atoms with Crippen LogP contribution in [0, 0.1) is 12.8 Å². The van der Waals surface area contributed by atoms with E-state index in [9.17, 15) is 14.4 Å². The molecule has 1 aliphatic rings. The lowest BCUT2D eigenvalue weighted by Crippen LogP contribution is -2.47. The molecule has 2 heterocycles. The number of nitrogens with one attached hydrogen (secondary N) is 1. The predicted octanol–water partition coefficient (Wildman–Crippen LogP) is 1.41. The number of hydrogen-bond acceptors (Lipinski definition) is 4. The lowest BCUT2D eigenvalue weighted by atomic mass is 9.97. The van der Waals surface area contributed by atoms with E-state index in [1.54, 1.807) is 4.57 Å². The summed E-state index contributed by atoms with van der Waals surface area (Å²) in [7, 11) is 1.48. The Labute approximate surface area is 164 Å². The van der Waals surface area contributed by atoms with Crippen LogP contribution in [0.5, 0.6) is 0 Å². The number of aryl methyl sites for hydroxylation is 1. The Balaban J connectivity index is 1.72. The third-order valence-corrected chi connectivity index (χ3v) is 5.40. The Hall–Kier alpha value is -2.83. The van der Waals surface area contributed by atoms with Crippen molar-refractivity contribution in [2.75, 3.05) is 18.0 Å². The summed E-state index contributed by atoms with van der Waals surface area (Å²) in [6, 6.07) is 9.59. The van der Waals surface area contributed by atoms with Crippen LogP contribution in [0.4, 0.5) is 5.82 Å². The number of carbonyl (C=O) groups is 1. The van der Waals surface area contributed by atoms with Gasteiger partial charge in [0.1, 0.15) is 5.82 Å². The first kappa shape index (κ1) is 19.9. The summed E-state index contributed by atoms with van der Waals surface area (Å²) in [5.41, 5.74) is 1.61. The lowest BCUT2D eigenvalue weighted by molar-refractivity contribution is -0.125. The fourth-order valence-corrected chi connectivity index (χ4v) is 3.66. The van der Waals surface area contributed by atoms with Crippen LogP contribution in [-0.4, -0.2) is 28.1 Å². The van der Waals surface area contributed by atoms with Crippen molar-refractivity contribution >= 4 is 11.7 Å². The van der Waals surface area contributed by atoms with Gasteiger partial charge in [-0.25, -0.2) is 4.79 Å². The summed E-state index contributed by atoms with van der Waals surface area (Å²) in [5, 5.41) is 3.02. The first-order valence-corrected chi connectivity index (χ1v) is 9.79. The fourth-order valence-electron chi connectivity index (χ4n) is 3.66. The van der Waals surface area contributed by atoms with Crippen molar-refractivity contribution in [1.82, 2.24) is 14.5 Å². The Bertz CT molecular complexity index is 959. The second-order valence-corrected chi connectivity index (χ2v) is 7.42. The molecule has 1 aromatic carbocycles. The number of anilines is 1. The molecule has 7 heteroatoms. The third kappa shape index (κ3) is 4.18. The Morgan fingerprint density at radius 3 is 2.61 bits per heavy atom. The molecule has 0 saturated carbocycles. The average Bonchev–Trinajstić information content (AvgIpc) is 2.71. The topological polar surface area (TPSA) is 76.3 Å². The second-order valence-electron chi connectivity index (χ2n) is 7.42. The molecule has 3 rings (SSSR count). The van der Waals surface area contributed by atoms with E-state index in [2.05, 4.69) is 5.32 Å². The quantitative estimate of drug-likeness (QED) is 0.846. The Morgan fingerprint density at radius 2 is 1.93 bits per heavy atom. The van der Waals surface area contributed by atoms with Gasteiger partial charge in [0.25, 0.3) is 5.56 Å². The molecule has 1 saturated heterocycles. The van der Waals surface area contributed by atoms with Crippen LogP contribution in [0.25, 0.3) is 0 Å². The van der Waals surface area contributed by atoms with Crippen molar-refractivity contribution in [2.24, 2.45) is 13.0 Å². The van der Waals surface area contributed by atoms with E-state index < -0.39 is 0 Å². The summed E-state index contributed by atoms with van der Waals surface area (Å²) >= 11 is 0. The number of carbonyl (C=O) groups excluding carboxylic acids is 1. The number of nitrogens with zero attached hydrogens (tertiary/aromatic N) is 3. The van der Waals surface area contributed by atoms with E-state index in [1.807, 2.05) is 43.0 Å². The van der Waals surface area contributed by atoms with Gasteiger partial charge in [0, 0.05) is 39.3 Å². The minimum absolute atomic E-state index is 0.0134. The second kappa shape index (κ2) is 8.46. The molecule has 150 valence electrons. The first-order chi connectivity index (χ1) is 13.4. The van der Waals surface area contributed by atoms with Gasteiger partial charge in [0.15, 0.2) is 0 Å². The standard InChI is InChI=1S/C21H28N4O3/c1-4-25-18(12-19(26)23(3)21(25)28)24-11-5-6-17(14-24)20(27)22-13-16-9-7-15(2)8-10-16/h7-10,12,17H,4-6,11,13-14H2,1-3H3,(H,22,27)/t17-/m1/s1. The number of benzene rings is 1. The number of piperidine rings is 1. The average molecular weight is 384 g/mol. The zero-order valence-electron chi connectivity index (χ0n) is 16.8. The van der Waals surface area contributed by atoms with E-state index in [0.29, 0.717) is 25.5 Å². The first-order valence-electron chi connectivity index (χ1n) is 9.79. The molecule has 0 radical (unpaired) electrons. The van der Waals surface area contributed by atoms with Gasteiger partial charge in [-0.05, 0) is 32.3 Å². The molecule has 1 atom stereocenters. The molecular formula is C21H28N4O3. The molecule has 1 fully saturated rings. The highest BCUT2D eigenvalue weighted by atomic mass is 16.2. The van der Waals surface area contributed by atoms with E-state index in [4.69, 9.17) is 0 Å². The van der Waals surface area contributed by atoms with Crippen LogP contribution < -0.4 is 21.5 Å². The highest BCUT2D eigenvalue weighted by molar-refractivity contribution is 5.79.